The third-order valence-electron chi connectivity index (χ3n) is 2.48. The summed E-state index contributed by atoms with van der Waals surface area (Å²) < 4.78 is 0. The zero-order valence-electron chi connectivity index (χ0n) is 9.70. The Morgan fingerprint density at radius 2 is 2.00 bits per heavy atom. The standard InChI is InChI=1S/C13H13ClN2O/c1-8(2)11-7-12(17)16-13(15-11)9-5-3-4-6-10(9)14/h3-8H,1-2H3,(H,15,16,17). The van der Waals surface area contributed by atoms with E-state index in [9.17, 15) is 4.79 Å². The molecule has 17 heavy (non-hydrogen) atoms. The van der Waals surface area contributed by atoms with Crippen LogP contribution >= 0.6 is 11.6 Å². The van der Waals surface area contributed by atoms with E-state index in [2.05, 4.69) is 9.97 Å². The molecule has 0 saturated carbocycles. The maximum atomic E-state index is 11.6. The zero-order valence-corrected chi connectivity index (χ0v) is 10.5. The Bertz CT molecular complexity index is 590. The van der Waals surface area contributed by atoms with E-state index in [1.165, 1.54) is 6.07 Å². The normalized spacial score (nSPS) is 10.8. The minimum Gasteiger partial charge on any atom is -0.306 e. The van der Waals surface area contributed by atoms with E-state index in [0.717, 1.165) is 11.3 Å². The first-order valence-corrected chi connectivity index (χ1v) is 5.82. The Hall–Kier alpha value is -1.61. The van der Waals surface area contributed by atoms with Crippen LogP contribution in [0.5, 0.6) is 0 Å². The van der Waals surface area contributed by atoms with Gasteiger partial charge in [-0.3, -0.25) is 4.79 Å². The number of rotatable bonds is 2. The van der Waals surface area contributed by atoms with Crippen molar-refractivity contribution in [3.63, 3.8) is 0 Å². The maximum Gasteiger partial charge on any atom is 0.251 e. The highest BCUT2D eigenvalue weighted by Gasteiger charge is 2.09. The molecule has 88 valence electrons. The van der Waals surface area contributed by atoms with Crippen LogP contribution in [0.3, 0.4) is 0 Å². The largest absolute Gasteiger partial charge is 0.306 e. The minimum atomic E-state index is -0.154. The Labute approximate surface area is 104 Å². The van der Waals surface area contributed by atoms with E-state index in [-0.39, 0.29) is 11.5 Å². The van der Waals surface area contributed by atoms with Crippen LogP contribution in [-0.2, 0) is 0 Å². The zero-order chi connectivity index (χ0) is 12.4. The summed E-state index contributed by atoms with van der Waals surface area (Å²) in [4.78, 5) is 18.7. The van der Waals surface area contributed by atoms with Gasteiger partial charge in [0.15, 0.2) is 0 Å². The highest BCUT2D eigenvalue weighted by Crippen LogP contribution is 2.24. The average Bonchev–Trinajstić information content (AvgIpc) is 2.28. The summed E-state index contributed by atoms with van der Waals surface area (Å²) in [5.41, 5.74) is 1.36. The molecule has 0 aliphatic carbocycles. The van der Waals surface area contributed by atoms with E-state index < -0.39 is 0 Å². The van der Waals surface area contributed by atoms with Gasteiger partial charge in [0.25, 0.3) is 5.56 Å². The van der Waals surface area contributed by atoms with Crippen LogP contribution in [0, 0.1) is 0 Å². The quantitative estimate of drug-likeness (QED) is 0.887. The van der Waals surface area contributed by atoms with Gasteiger partial charge in [0.05, 0.1) is 10.7 Å². The van der Waals surface area contributed by atoms with Crippen LogP contribution in [-0.4, -0.2) is 9.97 Å². The number of hydrogen-bond acceptors (Lipinski definition) is 2. The van der Waals surface area contributed by atoms with Gasteiger partial charge < -0.3 is 4.98 Å². The van der Waals surface area contributed by atoms with Crippen molar-refractivity contribution in [3.8, 4) is 11.4 Å². The third-order valence-corrected chi connectivity index (χ3v) is 2.81. The van der Waals surface area contributed by atoms with Gasteiger partial charge in [0.1, 0.15) is 5.82 Å². The highest BCUT2D eigenvalue weighted by atomic mass is 35.5. The van der Waals surface area contributed by atoms with E-state index >= 15 is 0 Å². The average molecular weight is 249 g/mol. The molecule has 1 aromatic carbocycles. The molecule has 3 nitrogen and oxygen atoms in total. The predicted molar refractivity (Wildman–Crippen MR) is 69.4 cm³/mol. The van der Waals surface area contributed by atoms with Crippen molar-refractivity contribution in [2.75, 3.05) is 0 Å². The van der Waals surface area contributed by atoms with Gasteiger partial charge in [0, 0.05) is 11.6 Å². The molecule has 2 aromatic rings. The first-order valence-electron chi connectivity index (χ1n) is 5.44. The molecule has 0 fully saturated rings. The molecule has 0 unspecified atom stereocenters. The van der Waals surface area contributed by atoms with Crippen LogP contribution in [0.25, 0.3) is 11.4 Å². The summed E-state index contributed by atoms with van der Waals surface area (Å²) in [5, 5.41) is 0.580. The lowest BCUT2D eigenvalue weighted by Gasteiger charge is -2.07. The Morgan fingerprint density at radius 1 is 1.29 bits per heavy atom. The number of benzene rings is 1. The van der Waals surface area contributed by atoms with Gasteiger partial charge in [-0.1, -0.05) is 37.6 Å². The van der Waals surface area contributed by atoms with Gasteiger partial charge in [-0.15, -0.1) is 0 Å². The first-order chi connectivity index (χ1) is 8.08. The number of nitrogens with zero attached hydrogens (tertiary/aromatic N) is 1. The molecule has 0 aliphatic rings. The monoisotopic (exact) mass is 248 g/mol. The molecule has 0 aliphatic heterocycles. The molecule has 0 radical (unpaired) electrons. The number of nitrogens with one attached hydrogen (secondary N) is 1. The highest BCUT2D eigenvalue weighted by molar-refractivity contribution is 6.33. The van der Waals surface area contributed by atoms with Crippen LogP contribution < -0.4 is 5.56 Å². The van der Waals surface area contributed by atoms with Crippen LogP contribution in [0.4, 0.5) is 0 Å². The van der Waals surface area contributed by atoms with Crippen molar-refractivity contribution in [3.05, 3.63) is 51.4 Å². The second-order valence-electron chi connectivity index (χ2n) is 4.15. The molecule has 4 heteroatoms. The topological polar surface area (TPSA) is 45.8 Å². The number of H-pyrrole nitrogens is 1. The van der Waals surface area contributed by atoms with Crippen molar-refractivity contribution in [2.45, 2.75) is 19.8 Å². The molecule has 0 bridgehead atoms. The summed E-state index contributed by atoms with van der Waals surface area (Å²) in [7, 11) is 0. The minimum absolute atomic E-state index is 0.154. The van der Waals surface area contributed by atoms with Crippen LogP contribution in [0.15, 0.2) is 35.1 Å². The fourth-order valence-corrected chi connectivity index (χ4v) is 1.78. The fourth-order valence-electron chi connectivity index (χ4n) is 1.55. The van der Waals surface area contributed by atoms with Crippen LogP contribution in [0.1, 0.15) is 25.5 Å². The number of aromatic nitrogens is 2. The van der Waals surface area contributed by atoms with Gasteiger partial charge in [-0.05, 0) is 18.1 Å². The van der Waals surface area contributed by atoms with Crippen molar-refractivity contribution in [2.24, 2.45) is 0 Å². The lowest BCUT2D eigenvalue weighted by atomic mass is 10.1. The van der Waals surface area contributed by atoms with Crippen molar-refractivity contribution < 1.29 is 0 Å². The number of aromatic amines is 1. The lowest BCUT2D eigenvalue weighted by molar-refractivity contribution is 0.812. The second-order valence-corrected chi connectivity index (χ2v) is 4.56. The Balaban J connectivity index is 2.60. The molecule has 1 N–H and O–H groups in total. The molecule has 0 saturated heterocycles. The molecule has 0 atom stereocenters. The summed E-state index contributed by atoms with van der Waals surface area (Å²) in [6.07, 6.45) is 0. The van der Waals surface area contributed by atoms with Gasteiger partial charge in [0.2, 0.25) is 0 Å². The molecule has 1 heterocycles. The lowest BCUT2D eigenvalue weighted by Crippen LogP contribution is -2.11. The molecular weight excluding hydrogens is 236 g/mol. The summed E-state index contributed by atoms with van der Waals surface area (Å²) >= 11 is 6.08. The Morgan fingerprint density at radius 3 is 2.65 bits per heavy atom. The first kappa shape index (κ1) is 11.9. The van der Waals surface area contributed by atoms with Crippen LogP contribution in [0.2, 0.25) is 5.02 Å². The third kappa shape index (κ3) is 2.56. The number of halogens is 1. The molecule has 2 rings (SSSR count). The molecular formula is C13H13ClN2O. The SMILES string of the molecule is CC(C)c1cc(=O)[nH]c(-c2ccccc2Cl)n1. The van der Waals surface area contributed by atoms with Gasteiger partial charge >= 0.3 is 0 Å². The summed E-state index contributed by atoms with van der Waals surface area (Å²) in [6, 6.07) is 8.84. The van der Waals surface area contributed by atoms with Crippen molar-refractivity contribution in [1.29, 1.82) is 0 Å². The fraction of sp³-hybridized carbons (Fsp3) is 0.231. The van der Waals surface area contributed by atoms with E-state index in [1.807, 2.05) is 32.0 Å². The van der Waals surface area contributed by atoms with Crippen molar-refractivity contribution in [1.82, 2.24) is 9.97 Å². The molecule has 0 spiro atoms. The smallest absolute Gasteiger partial charge is 0.251 e. The van der Waals surface area contributed by atoms with Gasteiger partial charge in [-0.2, -0.15) is 0 Å². The summed E-state index contributed by atoms with van der Waals surface area (Å²) in [6.45, 7) is 4.00. The molecule has 0 amide bonds. The predicted octanol–water partition coefficient (Wildman–Crippen LogP) is 3.21. The molecule has 1 aromatic heterocycles. The summed E-state index contributed by atoms with van der Waals surface area (Å²) in [5.74, 6) is 0.727. The Kier molecular flexibility index (Phi) is 3.29. The number of hydrogen-bond donors (Lipinski definition) is 1. The second kappa shape index (κ2) is 4.72. The van der Waals surface area contributed by atoms with E-state index in [4.69, 9.17) is 11.6 Å². The van der Waals surface area contributed by atoms with E-state index in [1.54, 1.807) is 6.07 Å². The van der Waals surface area contributed by atoms with E-state index in [0.29, 0.717) is 10.8 Å². The van der Waals surface area contributed by atoms with Gasteiger partial charge in [-0.25, -0.2) is 4.98 Å². The maximum absolute atomic E-state index is 11.6. The van der Waals surface area contributed by atoms with Crippen molar-refractivity contribution >= 4 is 11.6 Å².